The normalized spacial score (nSPS) is 13.2. The maximum absolute atomic E-state index is 12.3. The molecule has 1 aromatic rings. The van der Waals surface area contributed by atoms with Crippen molar-refractivity contribution >= 4 is 13.8 Å². The Balaban J connectivity index is 2.64. The number of hydrogen-bond donors (Lipinski definition) is 1. The van der Waals surface area contributed by atoms with Gasteiger partial charge in [-0.2, -0.15) is 5.10 Å². The van der Waals surface area contributed by atoms with Crippen molar-refractivity contribution in [2.75, 3.05) is 25.6 Å². The van der Waals surface area contributed by atoms with Crippen molar-refractivity contribution in [3.63, 3.8) is 0 Å². The van der Waals surface area contributed by atoms with E-state index in [1.807, 2.05) is 6.92 Å². The van der Waals surface area contributed by atoms with Crippen molar-refractivity contribution in [2.24, 2.45) is 0 Å². The largest absolute Gasteiger partial charge is 0.383 e. The fourth-order valence-electron chi connectivity index (χ4n) is 1.91. The maximum Gasteiger partial charge on any atom is 0.273 e. The van der Waals surface area contributed by atoms with Gasteiger partial charge in [0, 0.05) is 33.4 Å². The van der Waals surface area contributed by atoms with Crippen LogP contribution in [-0.2, 0) is 16.2 Å². The number of nitrogens with zero attached hydrogens (tertiary/aromatic N) is 2. The second-order valence-electron chi connectivity index (χ2n) is 6.84. The van der Waals surface area contributed by atoms with Gasteiger partial charge in [0.05, 0.1) is 18.5 Å². The number of methoxy groups -OCH3 is 1. The molecule has 1 aromatic heterocycles. The van der Waals surface area contributed by atoms with E-state index in [0.717, 1.165) is 11.7 Å². The zero-order valence-corrected chi connectivity index (χ0v) is 15.6. The molecule has 0 unspecified atom stereocenters. The first-order valence-corrected chi connectivity index (χ1v) is 11.4. The summed E-state index contributed by atoms with van der Waals surface area (Å²) in [6.07, 6.45) is 1.67. The Labute approximate surface area is 133 Å². The minimum absolute atomic E-state index is 0.119. The van der Waals surface area contributed by atoms with Gasteiger partial charge in [-0.3, -0.25) is 4.79 Å². The van der Waals surface area contributed by atoms with Gasteiger partial charge in [0.2, 0.25) is 0 Å². The molecular weight excluding hydrogens is 298 g/mol. The van der Waals surface area contributed by atoms with Gasteiger partial charge >= 0.3 is 0 Å². The van der Waals surface area contributed by atoms with E-state index in [2.05, 4.69) is 30.1 Å². The number of ether oxygens (including phenoxy) is 2. The Morgan fingerprint density at radius 2 is 2.09 bits per heavy atom. The lowest BCUT2D eigenvalue weighted by atomic mass is 10.2. The molecule has 7 heteroatoms. The summed E-state index contributed by atoms with van der Waals surface area (Å²) >= 11 is 0. The zero-order valence-electron chi connectivity index (χ0n) is 14.6. The number of nitrogens with one attached hydrogen (secondary N) is 1. The molecule has 0 spiro atoms. The summed E-state index contributed by atoms with van der Waals surface area (Å²) in [5.74, 6) is 0. The van der Waals surface area contributed by atoms with Gasteiger partial charge in [0.15, 0.2) is 0 Å². The van der Waals surface area contributed by atoms with Crippen LogP contribution in [0.5, 0.6) is 0 Å². The lowest BCUT2D eigenvalue weighted by molar-refractivity contribution is 0.0748. The number of anilines is 1. The molecule has 0 aromatic carbocycles. The maximum atomic E-state index is 12.3. The fourth-order valence-corrected chi connectivity index (χ4v) is 2.67. The highest BCUT2D eigenvalue weighted by atomic mass is 28.3. The van der Waals surface area contributed by atoms with Gasteiger partial charge in [0.1, 0.15) is 6.73 Å². The van der Waals surface area contributed by atoms with Crippen LogP contribution in [0.25, 0.3) is 0 Å². The van der Waals surface area contributed by atoms with Gasteiger partial charge in [-0.05, 0) is 19.9 Å². The Morgan fingerprint density at radius 3 is 2.68 bits per heavy atom. The van der Waals surface area contributed by atoms with Gasteiger partial charge in [0.25, 0.3) is 5.56 Å². The van der Waals surface area contributed by atoms with E-state index in [4.69, 9.17) is 9.47 Å². The molecule has 0 aliphatic heterocycles. The molecule has 0 fully saturated rings. The molecule has 1 heterocycles. The van der Waals surface area contributed by atoms with E-state index in [9.17, 15) is 4.79 Å². The van der Waals surface area contributed by atoms with Crippen LogP contribution >= 0.6 is 0 Å². The predicted octanol–water partition coefficient (Wildman–Crippen LogP) is 2.31. The molecule has 126 valence electrons. The SMILES string of the molecule is COC[C@H](C)Nc1cnn(COCC[Si](C)(C)C)c(=O)c1C. The summed E-state index contributed by atoms with van der Waals surface area (Å²) in [6.45, 7) is 12.1. The lowest BCUT2D eigenvalue weighted by Crippen LogP contribution is -2.30. The van der Waals surface area contributed by atoms with Crippen molar-refractivity contribution in [1.82, 2.24) is 9.78 Å². The summed E-state index contributed by atoms with van der Waals surface area (Å²) in [5.41, 5.74) is 1.27. The first kappa shape index (κ1) is 18.9. The molecule has 1 N–H and O–H groups in total. The van der Waals surface area contributed by atoms with Gasteiger partial charge in [-0.1, -0.05) is 19.6 Å². The predicted molar refractivity (Wildman–Crippen MR) is 92.3 cm³/mol. The minimum Gasteiger partial charge on any atom is -0.383 e. The number of rotatable bonds is 9. The summed E-state index contributed by atoms with van der Waals surface area (Å²) in [7, 11) is 0.542. The fraction of sp³-hybridized carbons (Fsp3) is 0.733. The molecule has 0 aliphatic carbocycles. The standard InChI is InChI=1S/C15H29N3O3Si/c1-12(10-20-3)17-14-9-16-18(15(19)13(14)2)11-21-7-8-22(4,5)6/h9,12,17H,7-8,10-11H2,1-6H3/t12-/m0/s1. The van der Waals surface area contributed by atoms with Crippen LogP contribution < -0.4 is 10.9 Å². The van der Waals surface area contributed by atoms with E-state index in [1.165, 1.54) is 4.68 Å². The highest BCUT2D eigenvalue weighted by Crippen LogP contribution is 2.10. The third-order valence-electron chi connectivity index (χ3n) is 3.31. The highest BCUT2D eigenvalue weighted by molar-refractivity contribution is 6.76. The van der Waals surface area contributed by atoms with Crippen molar-refractivity contribution in [3.8, 4) is 0 Å². The third-order valence-corrected chi connectivity index (χ3v) is 5.02. The van der Waals surface area contributed by atoms with Crippen LogP contribution in [0.2, 0.25) is 25.7 Å². The number of hydrogen-bond acceptors (Lipinski definition) is 5. The average molecular weight is 328 g/mol. The van der Waals surface area contributed by atoms with Crippen molar-refractivity contribution in [2.45, 2.75) is 52.3 Å². The van der Waals surface area contributed by atoms with Crippen LogP contribution in [0.3, 0.4) is 0 Å². The number of aromatic nitrogens is 2. The highest BCUT2D eigenvalue weighted by Gasteiger charge is 2.13. The molecule has 0 amide bonds. The molecule has 22 heavy (non-hydrogen) atoms. The lowest BCUT2D eigenvalue weighted by Gasteiger charge is -2.17. The van der Waals surface area contributed by atoms with Crippen molar-refractivity contribution in [3.05, 3.63) is 22.1 Å². The van der Waals surface area contributed by atoms with E-state index < -0.39 is 8.07 Å². The molecule has 0 saturated heterocycles. The summed E-state index contributed by atoms with van der Waals surface area (Å²) < 4.78 is 12.0. The van der Waals surface area contributed by atoms with Crippen LogP contribution in [-0.4, -0.2) is 44.2 Å². The van der Waals surface area contributed by atoms with Crippen molar-refractivity contribution in [1.29, 1.82) is 0 Å². The monoisotopic (exact) mass is 327 g/mol. The second-order valence-corrected chi connectivity index (χ2v) is 12.5. The van der Waals surface area contributed by atoms with Gasteiger partial charge < -0.3 is 14.8 Å². The molecule has 1 atom stereocenters. The van der Waals surface area contributed by atoms with Gasteiger partial charge in [-0.15, -0.1) is 0 Å². The molecule has 6 nitrogen and oxygen atoms in total. The Kier molecular flexibility index (Phi) is 7.25. The summed E-state index contributed by atoms with van der Waals surface area (Å²) in [6, 6.07) is 1.20. The second kappa shape index (κ2) is 8.45. The summed E-state index contributed by atoms with van der Waals surface area (Å²) in [5, 5.41) is 7.40. The smallest absolute Gasteiger partial charge is 0.273 e. The molecule has 0 bridgehead atoms. The summed E-state index contributed by atoms with van der Waals surface area (Å²) in [4.78, 5) is 12.3. The topological polar surface area (TPSA) is 65.4 Å². The van der Waals surface area contributed by atoms with E-state index >= 15 is 0 Å². The molecule has 0 aliphatic rings. The zero-order chi connectivity index (χ0) is 16.8. The third kappa shape index (κ3) is 6.29. The van der Waals surface area contributed by atoms with E-state index in [1.54, 1.807) is 20.2 Å². The van der Waals surface area contributed by atoms with Crippen LogP contribution in [0, 0.1) is 6.92 Å². The van der Waals surface area contributed by atoms with E-state index in [0.29, 0.717) is 18.8 Å². The molecule has 0 radical (unpaired) electrons. The Bertz CT molecular complexity index is 526. The first-order chi connectivity index (χ1) is 10.2. The first-order valence-electron chi connectivity index (χ1n) is 7.64. The Morgan fingerprint density at radius 1 is 1.41 bits per heavy atom. The van der Waals surface area contributed by atoms with Gasteiger partial charge in [-0.25, -0.2) is 4.68 Å². The van der Waals surface area contributed by atoms with Crippen LogP contribution in [0.15, 0.2) is 11.0 Å². The molecule has 0 saturated carbocycles. The molecular formula is C15H29N3O3Si. The Hall–Kier alpha value is -1.18. The average Bonchev–Trinajstić information content (AvgIpc) is 2.41. The van der Waals surface area contributed by atoms with Crippen LogP contribution in [0.4, 0.5) is 5.69 Å². The van der Waals surface area contributed by atoms with E-state index in [-0.39, 0.29) is 18.3 Å². The van der Waals surface area contributed by atoms with Crippen LogP contribution in [0.1, 0.15) is 12.5 Å². The minimum atomic E-state index is -1.11. The van der Waals surface area contributed by atoms with Crippen molar-refractivity contribution < 1.29 is 9.47 Å². The quantitative estimate of drug-likeness (QED) is 0.557. The molecule has 1 rings (SSSR count).